The summed E-state index contributed by atoms with van der Waals surface area (Å²) in [6.07, 6.45) is 2.65. The third-order valence-corrected chi connectivity index (χ3v) is 14.1. The van der Waals surface area contributed by atoms with E-state index in [1.165, 1.54) is 67.2 Å². The van der Waals surface area contributed by atoms with Crippen molar-refractivity contribution in [3.63, 3.8) is 0 Å². The maximum atomic E-state index is 6.75. The van der Waals surface area contributed by atoms with E-state index in [4.69, 9.17) is 4.42 Å². The molecule has 1 aromatic heterocycles. The number of fused-ring (bicyclic) bond motifs is 7. The van der Waals surface area contributed by atoms with E-state index in [1.807, 2.05) is 0 Å². The molecule has 4 atom stereocenters. The summed E-state index contributed by atoms with van der Waals surface area (Å²) >= 11 is 0. The number of hydrogen-bond donors (Lipinski definition) is 0. The molecule has 2 aliphatic heterocycles. The number of benzene rings is 7. The molecule has 0 saturated carbocycles. The molecule has 0 N–H and O–H groups in total. The first kappa shape index (κ1) is 34.2. The van der Waals surface area contributed by atoms with Crippen LogP contribution < -0.4 is 9.80 Å². The lowest BCUT2D eigenvalue weighted by molar-refractivity contribution is 0.496. The Balaban J connectivity index is 1.23. The summed E-state index contributed by atoms with van der Waals surface area (Å²) in [7, 11) is 0. The summed E-state index contributed by atoms with van der Waals surface area (Å²) in [4.78, 5) is 5.24. The molecule has 3 heteroatoms. The Morgan fingerprint density at radius 3 is 1.92 bits per heavy atom. The molecule has 0 radical (unpaired) electrons. The van der Waals surface area contributed by atoms with E-state index in [2.05, 4.69) is 219 Å². The Morgan fingerprint density at radius 2 is 1.17 bits per heavy atom. The quantitative estimate of drug-likeness (QED) is 0.167. The van der Waals surface area contributed by atoms with E-state index in [1.54, 1.807) is 0 Å². The van der Waals surface area contributed by atoms with Gasteiger partial charge >= 0.3 is 0 Å². The van der Waals surface area contributed by atoms with Crippen LogP contribution in [0.2, 0.25) is 0 Å². The van der Waals surface area contributed by atoms with E-state index in [0.29, 0.717) is 0 Å². The molecule has 0 fully saturated rings. The molecule has 3 nitrogen and oxygen atoms in total. The smallest absolute Gasteiger partial charge is 0.137 e. The fraction of sp³-hybridized carbons (Fsp3) is 0.143. The number of furan rings is 1. The van der Waals surface area contributed by atoms with Gasteiger partial charge in [-0.25, -0.2) is 0 Å². The van der Waals surface area contributed by atoms with Crippen LogP contribution in [0.3, 0.4) is 0 Å². The highest BCUT2D eigenvalue weighted by atomic mass is 16.3. The minimum atomic E-state index is -0.462. The number of hydrogen-bond acceptors (Lipinski definition) is 3. The molecule has 3 heterocycles. The zero-order chi connectivity index (χ0) is 39.6. The molecule has 4 unspecified atom stereocenters. The molecule has 4 bridgehead atoms. The standard InChI is InChI=1S/C56H44N2O/c1-35-50(39-19-10-6-11-20-39)54-36(2)52-53(35)56(4)45(43-23-14-15-24-46(43)58(56)42-21-12-7-13-22-42)34-55(52,3)40-29-32-48-44(33-40)51-47(25-16-26-49(51)59-48)57(54)41-30-27-38(28-31-41)37-17-8-5-9-18-37/h5-36H,1-4H3. The van der Waals surface area contributed by atoms with E-state index in [9.17, 15) is 0 Å². The average Bonchev–Trinajstić information content (AvgIpc) is 3.78. The molecule has 7 aromatic carbocycles. The number of anilines is 4. The van der Waals surface area contributed by atoms with E-state index in [-0.39, 0.29) is 11.8 Å². The molecular formula is C56H44N2O. The van der Waals surface area contributed by atoms with Gasteiger partial charge in [0.25, 0.3) is 0 Å². The van der Waals surface area contributed by atoms with Crippen LogP contribution in [0.5, 0.6) is 0 Å². The molecule has 0 saturated heterocycles. The van der Waals surface area contributed by atoms with Gasteiger partial charge in [-0.15, -0.1) is 0 Å². The summed E-state index contributed by atoms with van der Waals surface area (Å²) in [5.41, 5.74) is 18.9. The molecule has 2 aliphatic carbocycles. The van der Waals surface area contributed by atoms with E-state index in [0.717, 1.165) is 33.3 Å². The molecule has 284 valence electrons. The third-order valence-electron chi connectivity index (χ3n) is 14.1. The highest BCUT2D eigenvalue weighted by molar-refractivity contribution is 6.14. The maximum absolute atomic E-state index is 6.75. The predicted octanol–water partition coefficient (Wildman–Crippen LogP) is 14.7. The van der Waals surface area contributed by atoms with Gasteiger partial charge < -0.3 is 14.2 Å². The van der Waals surface area contributed by atoms with Crippen LogP contribution in [0.25, 0.3) is 44.2 Å². The van der Waals surface area contributed by atoms with Gasteiger partial charge in [0.15, 0.2) is 0 Å². The summed E-state index contributed by atoms with van der Waals surface area (Å²) in [6, 6.07) is 64.8. The van der Waals surface area contributed by atoms with Crippen LogP contribution in [-0.2, 0) is 5.41 Å². The predicted molar refractivity (Wildman–Crippen MR) is 245 cm³/mol. The molecule has 4 aliphatic rings. The molecule has 0 spiro atoms. The Labute approximate surface area is 345 Å². The van der Waals surface area contributed by atoms with Crippen molar-refractivity contribution in [2.75, 3.05) is 9.80 Å². The van der Waals surface area contributed by atoms with Gasteiger partial charge in [-0.1, -0.05) is 141 Å². The second-order valence-corrected chi connectivity index (χ2v) is 17.2. The summed E-state index contributed by atoms with van der Waals surface area (Å²) in [6.45, 7) is 9.96. The van der Waals surface area contributed by atoms with Gasteiger partial charge in [0.2, 0.25) is 0 Å². The lowest BCUT2D eigenvalue weighted by Gasteiger charge is -2.55. The summed E-state index contributed by atoms with van der Waals surface area (Å²) < 4.78 is 6.75. The first-order valence-corrected chi connectivity index (χ1v) is 21.0. The minimum absolute atomic E-state index is 0.0190. The van der Waals surface area contributed by atoms with E-state index >= 15 is 0 Å². The minimum Gasteiger partial charge on any atom is -0.456 e. The largest absolute Gasteiger partial charge is 0.456 e. The second-order valence-electron chi connectivity index (χ2n) is 17.2. The first-order valence-electron chi connectivity index (χ1n) is 21.0. The highest BCUT2D eigenvalue weighted by Crippen LogP contribution is 2.66. The van der Waals surface area contributed by atoms with Crippen molar-refractivity contribution >= 4 is 55.8 Å². The monoisotopic (exact) mass is 760 g/mol. The van der Waals surface area contributed by atoms with Crippen LogP contribution >= 0.6 is 0 Å². The maximum Gasteiger partial charge on any atom is 0.137 e. The number of para-hydroxylation sites is 2. The van der Waals surface area contributed by atoms with Crippen LogP contribution in [0, 0.1) is 11.8 Å². The van der Waals surface area contributed by atoms with Crippen molar-refractivity contribution < 1.29 is 4.42 Å². The fourth-order valence-corrected chi connectivity index (χ4v) is 11.7. The van der Waals surface area contributed by atoms with Gasteiger partial charge in [-0.2, -0.15) is 0 Å². The normalized spacial score (nSPS) is 22.9. The van der Waals surface area contributed by atoms with Crippen molar-refractivity contribution in [2.45, 2.75) is 38.6 Å². The van der Waals surface area contributed by atoms with Crippen molar-refractivity contribution in [2.24, 2.45) is 11.8 Å². The Hall–Kier alpha value is -6.84. The molecular weight excluding hydrogens is 717 g/mol. The van der Waals surface area contributed by atoms with Crippen molar-refractivity contribution in [1.29, 1.82) is 0 Å². The van der Waals surface area contributed by atoms with E-state index < -0.39 is 11.0 Å². The van der Waals surface area contributed by atoms with Crippen molar-refractivity contribution in [1.82, 2.24) is 0 Å². The SMILES string of the molecule is CC1C2=C(c3ccccc3)C(C)C3=C1C(C)(C=C1c4ccccc4N(c4ccccc4)C13C)c1ccc3oc4cccc(c4c3c1)N2c1ccc(-c2ccccc2)cc1. The summed E-state index contributed by atoms with van der Waals surface area (Å²) in [5.74, 6) is 0.0648. The average molecular weight is 761 g/mol. The number of nitrogens with zero attached hydrogens (tertiary/aromatic N) is 2. The molecule has 0 amide bonds. The van der Waals surface area contributed by atoms with Crippen LogP contribution in [-0.4, -0.2) is 5.54 Å². The fourth-order valence-electron chi connectivity index (χ4n) is 11.7. The lowest BCUT2D eigenvalue weighted by Crippen LogP contribution is -2.52. The Morgan fingerprint density at radius 1 is 0.525 bits per heavy atom. The van der Waals surface area contributed by atoms with Crippen LogP contribution in [0.1, 0.15) is 44.4 Å². The van der Waals surface area contributed by atoms with Crippen LogP contribution in [0.4, 0.5) is 22.7 Å². The number of allylic oxidation sites excluding steroid dienone is 3. The van der Waals surface area contributed by atoms with Gasteiger partial charge in [-0.05, 0) is 113 Å². The third kappa shape index (κ3) is 4.59. The zero-order valence-corrected chi connectivity index (χ0v) is 33.8. The van der Waals surface area contributed by atoms with Gasteiger partial charge in [0.05, 0.1) is 16.6 Å². The second kappa shape index (κ2) is 12.3. The highest BCUT2D eigenvalue weighted by Gasteiger charge is 2.58. The topological polar surface area (TPSA) is 19.6 Å². The number of rotatable bonds is 4. The van der Waals surface area contributed by atoms with Crippen molar-refractivity contribution in [3.05, 3.63) is 216 Å². The van der Waals surface area contributed by atoms with Crippen molar-refractivity contribution in [3.8, 4) is 11.1 Å². The Kier molecular flexibility index (Phi) is 7.15. The zero-order valence-electron chi connectivity index (χ0n) is 33.8. The first-order chi connectivity index (χ1) is 28.9. The molecule has 12 rings (SSSR count). The molecule has 8 aromatic rings. The molecule has 59 heavy (non-hydrogen) atoms. The summed E-state index contributed by atoms with van der Waals surface area (Å²) in [5, 5.41) is 2.29. The van der Waals surface area contributed by atoms with Gasteiger partial charge in [0.1, 0.15) is 11.2 Å². The van der Waals surface area contributed by atoms with Gasteiger partial charge in [0, 0.05) is 51.0 Å². The Bertz CT molecular complexity index is 3100. The van der Waals surface area contributed by atoms with Crippen LogP contribution in [0.15, 0.2) is 203 Å². The van der Waals surface area contributed by atoms with Gasteiger partial charge in [-0.3, -0.25) is 0 Å². The lowest BCUT2D eigenvalue weighted by atomic mass is 9.54.